The molecule has 1 aromatic rings. The number of unbranched alkanes of at least 4 members (excludes halogenated alkanes) is 5. The lowest BCUT2D eigenvalue weighted by molar-refractivity contribution is 0.542. The maximum absolute atomic E-state index is 5.41. The molecule has 0 saturated heterocycles. The minimum Gasteiger partial charge on any atom is -0.432 e. The summed E-state index contributed by atoms with van der Waals surface area (Å²) in [7, 11) is 0. The summed E-state index contributed by atoms with van der Waals surface area (Å²) in [6, 6.07) is 7.97. The number of para-hydroxylation sites is 1. The van der Waals surface area contributed by atoms with Gasteiger partial charge in [0.2, 0.25) is 0 Å². The molecule has 0 aliphatic heterocycles. The number of nitrogens with two attached hydrogens (primary N) is 1. The zero-order valence-electron chi connectivity index (χ0n) is 11.2. The molecule has 2 N–H and O–H groups in total. The van der Waals surface area contributed by atoms with Gasteiger partial charge in [-0.3, -0.25) is 0 Å². The maximum atomic E-state index is 5.41. The Bertz CT molecular complexity index is 365. The largest absolute Gasteiger partial charge is 0.432 e. The van der Waals surface area contributed by atoms with Gasteiger partial charge >= 0.3 is 0 Å². The van der Waals surface area contributed by atoms with Crippen LogP contribution in [0.4, 0.5) is 0 Å². The predicted molar refractivity (Wildman–Crippen MR) is 80.9 cm³/mol. The smallest absolute Gasteiger partial charge is 0.259 e. The molecule has 0 saturated carbocycles. The molecule has 0 radical (unpaired) electrons. The number of aryl methyl sites for hydroxylation is 1. The number of hydrogen-bond donors (Lipinski definition) is 1. The van der Waals surface area contributed by atoms with Gasteiger partial charge in [0.15, 0.2) is 0 Å². The standard InChI is InChI=1S/C15H23NOS/c1-2-3-4-5-6-7-10-13-11-8-9-12-14(13)17-15(16)18/h8-9,11-12H,2-7,10H2,1H3,(H2,16,18). The van der Waals surface area contributed by atoms with Crippen molar-refractivity contribution >= 4 is 17.4 Å². The summed E-state index contributed by atoms with van der Waals surface area (Å²) in [6.45, 7) is 2.24. The highest BCUT2D eigenvalue weighted by Crippen LogP contribution is 2.20. The van der Waals surface area contributed by atoms with Crippen molar-refractivity contribution in [1.82, 2.24) is 0 Å². The molecular weight excluding hydrogens is 242 g/mol. The molecule has 0 aromatic heterocycles. The van der Waals surface area contributed by atoms with E-state index in [2.05, 4.69) is 13.0 Å². The first-order valence-corrected chi connectivity index (χ1v) is 7.20. The summed E-state index contributed by atoms with van der Waals surface area (Å²) in [6.07, 6.45) is 8.83. The van der Waals surface area contributed by atoms with Crippen molar-refractivity contribution in [3.05, 3.63) is 29.8 Å². The first-order valence-electron chi connectivity index (χ1n) is 6.79. The molecule has 18 heavy (non-hydrogen) atoms. The van der Waals surface area contributed by atoms with Crippen molar-refractivity contribution in [2.75, 3.05) is 0 Å². The third-order valence-electron chi connectivity index (χ3n) is 2.98. The van der Waals surface area contributed by atoms with Crippen LogP contribution in [0, 0.1) is 0 Å². The molecule has 0 unspecified atom stereocenters. The second kappa shape index (κ2) is 8.92. The second-order valence-corrected chi connectivity index (χ2v) is 4.95. The van der Waals surface area contributed by atoms with Crippen molar-refractivity contribution < 1.29 is 4.74 Å². The number of ether oxygens (including phenoxy) is 1. The fourth-order valence-electron chi connectivity index (χ4n) is 2.01. The van der Waals surface area contributed by atoms with Crippen LogP contribution < -0.4 is 10.5 Å². The molecule has 3 heteroatoms. The van der Waals surface area contributed by atoms with Crippen LogP contribution in [0.1, 0.15) is 51.0 Å². The monoisotopic (exact) mass is 265 g/mol. The highest BCUT2D eigenvalue weighted by Gasteiger charge is 2.03. The Kier molecular flexibility index (Phi) is 7.42. The van der Waals surface area contributed by atoms with E-state index in [1.54, 1.807) is 0 Å². The molecular formula is C15H23NOS. The van der Waals surface area contributed by atoms with E-state index in [9.17, 15) is 0 Å². The number of thiocarbonyl (C=S) groups is 1. The van der Waals surface area contributed by atoms with E-state index in [0.29, 0.717) is 0 Å². The van der Waals surface area contributed by atoms with Gasteiger partial charge in [-0.25, -0.2) is 0 Å². The van der Waals surface area contributed by atoms with Crippen LogP contribution in [0.3, 0.4) is 0 Å². The van der Waals surface area contributed by atoms with Gasteiger partial charge in [0.25, 0.3) is 5.17 Å². The minimum absolute atomic E-state index is 0.0883. The molecule has 1 aromatic carbocycles. The van der Waals surface area contributed by atoms with Crippen molar-refractivity contribution in [3.63, 3.8) is 0 Å². The van der Waals surface area contributed by atoms with Crippen LogP contribution in [0.2, 0.25) is 0 Å². The average molecular weight is 265 g/mol. The van der Waals surface area contributed by atoms with Crippen molar-refractivity contribution in [2.45, 2.75) is 51.9 Å². The molecule has 0 amide bonds. The minimum atomic E-state index is 0.0883. The first kappa shape index (κ1) is 15.0. The van der Waals surface area contributed by atoms with Crippen LogP contribution in [-0.4, -0.2) is 5.17 Å². The van der Waals surface area contributed by atoms with Gasteiger partial charge < -0.3 is 10.5 Å². The van der Waals surface area contributed by atoms with E-state index >= 15 is 0 Å². The Morgan fingerprint density at radius 2 is 1.78 bits per heavy atom. The van der Waals surface area contributed by atoms with Crippen molar-refractivity contribution in [1.29, 1.82) is 0 Å². The van der Waals surface area contributed by atoms with Gasteiger partial charge in [-0.1, -0.05) is 57.2 Å². The Labute approximate surface area is 116 Å². The lowest BCUT2D eigenvalue weighted by Gasteiger charge is -2.09. The molecule has 0 spiro atoms. The lowest BCUT2D eigenvalue weighted by Crippen LogP contribution is -2.16. The Hall–Kier alpha value is -1.09. The zero-order valence-corrected chi connectivity index (χ0v) is 12.0. The van der Waals surface area contributed by atoms with Crippen LogP contribution in [-0.2, 0) is 6.42 Å². The highest BCUT2D eigenvalue weighted by atomic mass is 32.1. The fourth-order valence-corrected chi connectivity index (χ4v) is 2.10. The predicted octanol–water partition coefficient (Wildman–Crippen LogP) is 4.21. The molecule has 100 valence electrons. The van der Waals surface area contributed by atoms with E-state index in [-0.39, 0.29) is 5.17 Å². The van der Waals surface area contributed by atoms with Crippen LogP contribution in [0.5, 0.6) is 5.75 Å². The molecule has 0 heterocycles. The Balaban J connectivity index is 2.34. The van der Waals surface area contributed by atoms with Gasteiger partial charge in [-0.15, -0.1) is 0 Å². The topological polar surface area (TPSA) is 35.2 Å². The van der Waals surface area contributed by atoms with Gasteiger partial charge in [-0.05, 0) is 36.7 Å². The molecule has 0 bridgehead atoms. The third-order valence-corrected chi connectivity index (χ3v) is 3.07. The highest BCUT2D eigenvalue weighted by molar-refractivity contribution is 7.80. The summed E-state index contributed by atoms with van der Waals surface area (Å²) in [5, 5.41) is 0.0883. The normalized spacial score (nSPS) is 10.3. The SMILES string of the molecule is CCCCCCCCc1ccccc1OC(N)=S. The van der Waals surface area contributed by atoms with Gasteiger partial charge in [0, 0.05) is 0 Å². The van der Waals surface area contributed by atoms with E-state index < -0.39 is 0 Å². The van der Waals surface area contributed by atoms with Crippen molar-refractivity contribution in [2.24, 2.45) is 5.73 Å². The summed E-state index contributed by atoms with van der Waals surface area (Å²) in [4.78, 5) is 0. The number of benzene rings is 1. The molecule has 0 fully saturated rings. The van der Waals surface area contributed by atoms with E-state index in [1.165, 1.54) is 44.1 Å². The average Bonchev–Trinajstić information content (AvgIpc) is 2.35. The quantitative estimate of drug-likeness (QED) is 0.565. The Morgan fingerprint density at radius 3 is 2.50 bits per heavy atom. The number of rotatable bonds is 8. The van der Waals surface area contributed by atoms with Gasteiger partial charge in [-0.2, -0.15) is 0 Å². The van der Waals surface area contributed by atoms with E-state index in [4.69, 9.17) is 22.7 Å². The second-order valence-electron chi connectivity index (χ2n) is 4.55. The first-order chi connectivity index (χ1) is 8.74. The Morgan fingerprint density at radius 1 is 1.11 bits per heavy atom. The number of hydrogen-bond acceptors (Lipinski definition) is 2. The summed E-state index contributed by atoms with van der Waals surface area (Å²) >= 11 is 4.78. The van der Waals surface area contributed by atoms with Gasteiger partial charge in [0.1, 0.15) is 5.75 Å². The summed E-state index contributed by atoms with van der Waals surface area (Å²) in [5.41, 5.74) is 6.61. The van der Waals surface area contributed by atoms with E-state index in [0.717, 1.165) is 12.2 Å². The summed E-state index contributed by atoms with van der Waals surface area (Å²) < 4.78 is 5.35. The molecule has 2 nitrogen and oxygen atoms in total. The molecule has 0 aliphatic rings. The maximum Gasteiger partial charge on any atom is 0.259 e. The molecule has 1 rings (SSSR count). The van der Waals surface area contributed by atoms with Crippen LogP contribution in [0.25, 0.3) is 0 Å². The molecule has 0 atom stereocenters. The van der Waals surface area contributed by atoms with Crippen LogP contribution >= 0.6 is 12.2 Å². The van der Waals surface area contributed by atoms with E-state index in [1.807, 2.05) is 18.2 Å². The van der Waals surface area contributed by atoms with Gasteiger partial charge in [0.05, 0.1) is 0 Å². The lowest BCUT2D eigenvalue weighted by atomic mass is 10.0. The zero-order chi connectivity index (χ0) is 13.2. The molecule has 0 aliphatic carbocycles. The fraction of sp³-hybridized carbons (Fsp3) is 0.533. The third kappa shape index (κ3) is 6.01. The van der Waals surface area contributed by atoms with Crippen LogP contribution in [0.15, 0.2) is 24.3 Å². The summed E-state index contributed by atoms with van der Waals surface area (Å²) in [5.74, 6) is 0.804. The van der Waals surface area contributed by atoms with Crippen molar-refractivity contribution in [3.8, 4) is 5.75 Å².